The van der Waals surface area contributed by atoms with Gasteiger partial charge in [-0.25, -0.2) is 0 Å². The number of hydrogen-bond acceptors (Lipinski definition) is 8. The van der Waals surface area contributed by atoms with Crippen molar-refractivity contribution in [2.45, 2.75) is 38.5 Å². The van der Waals surface area contributed by atoms with Gasteiger partial charge >= 0.3 is 5.97 Å². The predicted octanol–water partition coefficient (Wildman–Crippen LogP) is 5.41. The number of unbranched alkanes of at least 4 members (excludes halogenated alkanes) is 3. The Morgan fingerprint density at radius 1 is 0.973 bits per heavy atom. The van der Waals surface area contributed by atoms with Gasteiger partial charge in [0.1, 0.15) is 0 Å². The summed E-state index contributed by atoms with van der Waals surface area (Å²) in [6.07, 6.45) is 8.30. The van der Waals surface area contributed by atoms with Crippen molar-refractivity contribution in [1.29, 1.82) is 0 Å². The van der Waals surface area contributed by atoms with Gasteiger partial charge in [-0.05, 0) is 59.0 Å². The molecule has 0 fully saturated rings. The van der Waals surface area contributed by atoms with Crippen LogP contribution in [0.5, 0.6) is 28.7 Å². The number of nitrogens with zero attached hydrogens (tertiary/aromatic N) is 1. The molecular formula is C29H35NO7. The van der Waals surface area contributed by atoms with Gasteiger partial charge in [0.25, 0.3) is 0 Å². The van der Waals surface area contributed by atoms with Crippen molar-refractivity contribution >= 4 is 18.3 Å². The van der Waals surface area contributed by atoms with E-state index >= 15 is 0 Å². The van der Waals surface area contributed by atoms with Crippen LogP contribution in [-0.4, -0.2) is 54.0 Å². The van der Waals surface area contributed by atoms with Crippen LogP contribution in [0, 0.1) is 5.92 Å². The molecule has 0 saturated heterocycles. The van der Waals surface area contributed by atoms with Gasteiger partial charge in [-0.15, -0.1) is 0 Å². The molecule has 0 amide bonds. The second kappa shape index (κ2) is 12.0. The molecule has 1 aliphatic heterocycles. The normalized spacial score (nSPS) is 17.8. The maximum atomic E-state index is 13.3. The highest BCUT2D eigenvalue weighted by Crippen LogP contribution is 2.50. The molecule has 0 N–H and O–H groups in total. The molecule has 8 nitrogen and oxygen atoms in total. The highest BCUT2D eigenvalue weighted by molar-refractivity contribution is 5.97. The molecule has 2 aromatic carbocycles. The van der Waals surface area contributed by atoms with E-state index in [0.717, 1.165) is 35.1 Å². The van der Waals surface area contributed by atoms with E-state index in [-0.39, 0.29) is 12.8 Å². The Bertz CT molecular complexity index is 1160. The van der Waals surface area contributed by atoms with Crippen molar-refractivity contribution in [3.05, 3.63) is 46.5 Å². The van der Waals surface area contributed by atoms with Gasteiger partial charge in [0.05, 0.1) is 34.4 Å². The average molecular weight is 510 g/mol. The van der Waals surface area contributed by atoms with Crippen molar-refractivity contribution in [2.24, 2.45) is 10.9 Å². The van der Waals surface area contributed by atoms with Gasteiger partial charge in [0.15, 0.2) is 23.0 Å². The Morgan fingerprint density at radius 3 is 2.30 bits per heavy atom. The topological polar surface area (TPSA) is 84.8 Å². The molecule has 2 aliphatic rings. The lowest BCUT2D eigenvalue weighted by Gasteiger charge is -2.32. The Balaban J connectivity index is 1.86. The fourth-order valence-electron chi connectivity index (χ4n) is 4.98. The summed E-state index contributed by atoms with van der Waals surface area (Å²) in [5, 5.41) is 0. The van der Waals surface area contributed by atoms with E-state index in [2.05, 4.69) is 11.9 Å². The molecule has 0 saturated carbocycles. The molecule has 2 atom stereocenters. The van der Waals surface area contributed by atoms with E-state index in [1.165, 1.54) is 20.0 Å². The van der Waals surface area contributed by atoms with Crippen LogP contribution in [0.2, 0.25) is 0 Å². The van der Waals surface area contributed by atoms with Crippen molar-refractivity contribution in [2.75, 3.05) is 41.8 Å². The number of carbonyl (C=O) groups is 1. The number of aliphatic imine (C=N–C) groups is 1. The number of hydrogen-bond donors (Lipinski definition) is 0. The first-order valence-corrected chi connectivity index (χ1v) is 12.6. The quantitative estimate of drug-likeness (QED) is 0.227. The fraction of sp³-hybridized carbons (Fsp3) is 0.448. The monoisotopic (exact) mass is 509 g/mol. The van der Waals surface area contributed by atoms with Crippen molar-refractivity contribution in [3.63, 3.8) is 0 Å². The van der Waals surface area contributed by atoms with E-state index in [1.54, 1.807) is 21.3 Å². The Labute approximate surface area is 218 Å². The second-order valence-electron chi connectivity index (χ2n) is 9.01. The highest BCUT2D eigenvalue weighted by atomic mass is 16.7. The zero-order valence-corrected chi connectivity index (χ0v) is 22.2. The minimum absolute atomic E-state index is 0.156. The maximum Gasteiger partial charge on any atom is 0.314 e. The summed E-state index contributed by atoms with van der Waals surface area (Å²) in [5.41, 5.74) is 3.42. The van der Waals surface area contributed by atoms with E-state index in [4.69, 9.17) is 28.4 Å². The largest absolute Gasteiger partial charge is 0.493 e. The van der Waals surface area contributed by atoms with E-state index < -0.39 is 11.8 Å². The summed E-state index contributed by atoms with van der Waals surface area (Å²) in [5.74, 6) is 1.39. The molecule has 37 heavy (non-hydrogen) atoms. The first kappa shape index (κ1) is 26.4. The molecule has 8 heteroatoms. The number of benzene rings is 2. The summed E-state index contributed by atoms with van der Waals surface area (Å²) >= 11 is 0. The van der Waals surface area contributed by atoms with Gasteiger partial charge in [0, 0.05) is 18.7 Å². The minimum Gasteiger partial charge on any atom is -0.493 e. The summed E-state index contributed by atoms with van der Waals surface area (Å²) in [6, 6.07) is 7.64. The molecule has 0 bridgehead atoms. The summed E-state index contributed by atoms with van der Waals surface area (Å²) < 4.78 is 33.4. The third kappa shape index (κ3) is 5.38. The lowest BCUT2D eigenvalue weighted by molar-refractivity contribution is -0.144. The number of rotatable bonds is 11. The van der Waals surface area contributed by atoms with Crippen LogP contribution in [-0.2, 0) is 9.53 Å². The Kier molecular flexibility index (Phi) is 8.58. The Morgan fingerprint density at radius 2 is 1.68 bits per heavy atom. The first-order chi connectivity index (χ1) is 18.1. The zero-order valence-electron chi connectivity index (χ0n) is 22.2. The lowest BCUT2D eigenvalue weighted by atomic mass is 9.71. The van der Waals surface area contributed by atoms with Gasteiger partial charge in [-0.3, -0.25) is 9.79 Å². The number of fused-ring (bicyclic) bond motifs is 2. The smallest absolute Gasteiger partial charge is 0.314 e. The first-order valence-electron chi connectivity index (χ1n) is 12.6. The van der Waals surface area contributed by atoms with E-state index in [9.17, 15) is 4.79 Å². The number of esters is 1. The third-order valence-electron chi connectivity index (χ3n) is 6.81. The second-order valence-corrected chi connectivity index (χ2v) is 9.01. The van der Waals surface area contributed by atoms with Crippen LogP contribution in [0.4, 0.5) is 0 Å². The molecule has 198 valence electrons. The number of carbonyl (C=O) groups excluding carboxylic acids is 1. The standard InChI is InChI=1S/C29H35NO7/c1-6-7-8-9-10-30-16-20-11-18-12-22-23(37-17-36-22)15-21(18)26(27(20)29(31)35-5)19-13-24(32-2)28(34-4)25(14-19)33-3/h11-16,26-27H,6-10,17H2,1-5H3/t26?,27-/m1/s1. The van der Waals surface area contributed by atoms with Gasteiger partial charge in [-0.2, -0.15) is 0 Å². The third-order valence-corrected chi connectivity index (χ3v) is 6.81. The predicted molar refractivity (Wildman–Crippen MR) is 141 cm³/mol. The molecule has 1 unspecified atom stereocenters. The van der Waals surface area contributed by atoms with Crippen molar-refractivity contribution in [3.8, 4) is 28.7 Å². The van der Waals surface area contributed by atoms with Gasteiger partial charge in [-0.1, -0.05) is 26.2 Å². The SMILES string of the molecule is CCCCCCN=CC1=Cc2cc3c(cc2C(c2cc(OC)c(OC)c(OC)c2)[C@@H]1C(=O)OC)OCO3. The van der Waals surface area contributed by atoms with Crippen LogP contribution in [0.3, 0.4) is 0 Å². The molecule has 2 aromatic rings. The number of methoxy groups -OCH3 is 4. The maximum absolute atomic E-state index is 13.3. The van der Waals surface area contributed by atoms with Gasteiger partial charge in [0.2, 0.25) is 12.5 Å². The van der Waals surface area contributed by atoms with E-state index in [0.29, 0.717) is 35.3 Å². The highest BCUT2D eigenvalue weighted by Gasteiger charge is 2.40. The van der Waals surface area contributed by atoms with Crippen LogP contribution in [0.1, 0.15) is 55.2 Å². The van der Waals surface area contributed by atoms with Crippen molar-refractivity contribution in [1.82, 2.24) is 0 Å². The zero-order chi connectivity index (χ0) is 26.4. The van der Waals surface area contributed by atoms with Crippen LogP contribution in [0.15, 0.2) is 34.8 Å². The summed E-state index contributed by atoms with van der Waals surface area (Å²) in [7, 11) is 6.11. The Hall–Kier alpha value is -3.68. The van der Waals surface area contributed by atoms with Crippen LogP contribution in [0.25, 0.3) is 6.08 Å². The molecule has 0 aromatic heterocycles. The van der Waals surface area contributed by atoms with E-state index in [1.807, 2.05) is 36.6 Å². The molecular weight excluding hydrogens is 474 g/mol. The average Bonchev–Trinajstić information content (AvgIpc) is 3.38. The van der Waals surface area contributed by atoms with Crippen LogP contribution < -0.4 is 23.7 Å². The molecule has 0 radical (unpaired) electrons. The summed E-state index contributed by atoms with van der Waals surface area (Å²) in [6.45, 7) is 3.04. The minimum atomic E-state index is -0.639. The van der Waals surface area contributed by atoms with Crippen molar-refractivity contribution < 1.29 is 33.2 Å². The van der Waals surface area contributed by atoms with Crippen LogP contribution >= 0.6 is 0 Å². The molecule has 4 rings (SSSR count). The molecule has 1 heterocycles. The molecule has 0 spiro atoms. The fourth-order valence-corrected chi connectivity index (χ4v) is 4.98. The summed E-state index contributed by atoms with van der Waals surface area (Å²) in [4.78, 5) is 18.0. The number of ether oxygens (including phenoxy) is 6. The molecule has 1 aliphatic carbocycles. The lowest BCUT2D eigenvalue weighted by Crippen LogP contribution is -2.30. The van der Waals surface area contributed by atoms with Gasteiger partial charge < -0.3 is 28.4 Å².